The first-order valence-electron chi connectivity index (χ1n) is 11.9. The summed E-state index contributed by atoms with van der Waals surface area (Å²) < 4.78 is 0. The molecule has 3 aromatic rings. The summed E-state index contributed by atoms with van der Waals surface area (Å²) in [4.78, 5) is 42.5. The second kappa shape index (κ2) is 10.9. The Hall–Kier alpha value is -4.66. The van der Waals surface area contributed by atoms with E-state index in [9.17, 15) is 19.5 Å². The van der Waals surface area contributed by atoms with Crippen LogP contribution in [0.25, 0.3) is 0 Å². The number of nitrogens with one attached hydrogen (secondary N) is 1. The quantitative estimate of drug-likeness (QED) is 0.248. The highest BCUT2D eigenvalue weighted by Crippen LogP contribution is 2.33. The molecule has 1 heterocycles. The molecule has 37 heavy (non-hydrogen) atoms. The van der Waals surface area contributed by atoms with Crippen LogP contribution in [-0.4, -0.2) is 59.8 Å². The Morgan fingerprint density at radius 3 is 2.41 bits per heavy atom. The molecule has 1 unspecified atom stereocenters. The number of benzene rings is 3. The minimum absolute atomic E-state index is 0.0141. The molecule has 0 radical (unpaired) electrons. The Balaban J connectivity index is 1.72. The van der Waals surface area contributed by atoms with Gasteiger partial charge in [-0.1, -0.05) is 54.6 Å². The lowest BCUT2D eigenvalue weighted by molar-refractivity contribution is -0.138. The maximum Gasteiger partial charge on any atom is 0.307 e. The van der Waals surface area contributed by atoms with Gasteiger partial charge >= 0.3 is 5.97 Å². The number of carbonyl (C=O) groups is 3. The van der Waals surface area contributed by atoms with Gasteiger partial charge in [-0.3, -0.25) is 14.4 Å². The highest BCUT2D eigenvalue weighted by Gasteiger charge is 2.45. The Kier molecular flexibility index (Phi) is 7.52. The molecule has 0 spiro atoms. The summed E-state index contributed by atoms with van der Waals surface area (Å²) in [5, 5.41) is 16.4. The zero-order valence-electron chi connectivity index (χ0n) is 20.5. The van der Waals surface area contributed by atoms with Crippen LogP contribution >= 0.6 is 0 Å². The molecule has 1 aliphatic rings. The fourth-order valence-corrected chi connectivity index (χ4v) is 4.61. The molecule has 0 bridgehead atoms. The second-order valence-electron chi connectivity index (χ2n) is 8.99. The largest absolute Gasteiger partial charge is 0.481 e. The first-order valence-corrected chi connectivity index (χ1v) is 11.9. The smallest absolute Gasteiger partial charge is 0.307 e. The number of hydrogen-bond donors (Lipinski definition) is 3. The fourth-order valence-electron chi connectivity index (χ4n) is 4.61. The summed E-state index contributed by atoms with van der Waals surface area (Å²) in [6.45, 7) is 0.342. The van der Waals surface area contributed by atoms with Crippen molar-refractivity contribution in [3.05, 3.63) is 101 Å². The molecule has 0 aliphatic carbocycles. The van der Waals surface area contributed by atoms with E-state index in [-0.39, 0.29) is 12.5 Å². The third-order valence-electron chi connectivity index (χ3n) is 6.58. The van der Waals surface area contributed by atoms with Crippen LogP contribution in [0.5, 0.6) is 0 Å². The van der Waals surface area contributed by atoms with Crippen molar-refractivity contribution in [2.24, 2.45) is 10.9 Å². The number of aliphatic carboxylic acids is 1. The standard InChI is InChI=1S/C28H29N5O4/c1-32-24-10-6-5-9-23(24)27(37)33(16-15-20-7-3-2-4-8-20)19-28(32,17-25(34)35)31-26(36)22-13-11-21(12-14-22)18-30-29/h2-14,18H,15-17,19,29H2,1H3,(H,31,36)(H,34,35). The molecule has 3 aromatic carbocycles. The highest BCUT2D eigenvalue weighted by atomic mass is 16.4. The lowest BCUT2D eigenvalue weighted by Crippen LogP contribution is -2.65. The van der Waals surface area contributed by atoms with Crippen molar-refractivity contribution >= 4 is 29.7 Å². The number of para-hydroxylation sites is 1. The maximum atomic E-state index is 13.6. The third kappa shape index (κ3) is 5.61. The van der Waals surface area contributed by atoms with Gasteiger partial charge in [-0.05, 0) is 41.8 Å². The molecule has 190 valence electrons. The van der Waals surface area contributed by atoms with E-state index in [1.165, 1.54) is 6.21 Å². The molecule has 2 amide bonds. The molecule has 9 nitrogen and oxygen atoms in total. The molecular weight excluding hydrogens is 470 g/mol. The number of likely N-dealkylation sites (N-methyl/N-ethyl adjacent to an activating group) is 1. The average Bonchev–Trinajstić information content (AvgIpc) is 2.98. The minimum Gasteiger partial charge on any atom is -0.481 e. The topological polar surface area (TPSA) is 128 Å². The van der Waals surface area contributed by atoms with Crippen LogP contribution in [0, 0.1) is 0 Å². The van der Waals surface area contributed by atoms with Gasteiger partial charge in [0.15, 0.2) is 0 Å². The number of nitrogens with two attached hydrogens (primary N) is 1. The number of amides is 2. The van der Waals surface area contributed by atoms with Crippen molar-refractivity contribution in [2.75, 3.05) is 25.0 Å². The monoisotopic (exact) mass is 499 g/mol. The molecule has 1 atom stereocenters. The molecule has 0 aromatic heterocycles. The molecule has 4 rings (SSSR count). The lowest BCUT2D eigenvalue weighted by Gasteiger charge is -2.43. The van der Waals surface area contributed by atoms with Crippen molar-refractivity contribution in [1.29, 1.82) is 0 Å². The number of hydrogen-bond acceptors (Lipinski definition) is 6. The predicted molar refractivity (Wildman–Crippen MR) is 142 cm³/mol. The van der Waals surface area contributed by atoms with Crippen LogP contribution in [0.15, 0.2) is 84.0 Å². The SMILES string of the molecule is CN1c2ccccc2C(=O)N(CCc2ccccc2)CC1(CC(=O)O)NC(=O)c1ccc(C=NN)cc1. The number of carboxylic acid groups (broad SMARTS) is 1. The molecule has 0 saturated heterocycles. The second-order valence-corrected chi connectivity index (χ2v) is 8.99. The third-order valence-corrected chi connectivity index (χ3v) is 6.58. The van der Waals surface area contributed by atoms with Gasteiger partial charge in [0, 0.05) is 19.2 Å². The number of hydrazone groups is 1. The highest BCUT2D eigenvalue weighted by molar-refractivity contribution is 6.02. The first-order chi connectivity index (χ1) is 17.8. The van der Waals surface area contributed by atoms with Crippen LogP contribution in [0.3, 0.4) is 0 Å². The number of fused-ring (bicyclic) bond motifs is 1. The maximum absolute atomic E-state index is 13.6. The minimum atomic E-state index is -1.40. The van der Waals surface area contributed by atoms with E-state index in [0.29, 0.717) is 29.8 Å². The number of anilines is 1. The van der Waals surface area contributed by atoms with Gasteiger partial charge in [0.1, 0.15) is 5.66 Å². The summed E-state index contributed by atoms with van der Waals surface area (Å²) in [6.07, 6.45) is 1.62. The first kappa shape index (κ1) is 25.4. The van der Waals surface area contributed by atoms with E-state index < -0.39 is 24.0 Å². The van der Waals surface area contributed by atoms with Gasteiger partial charge in [0.25, 0.3) is 11.8 Å². The van der Waals surface area contributed by atoms with Crippen molar-refractivity contribution in [1.82, 2.24) is 10.2 Å². The predicted octanol–water partition coefficient (Wildman–Crippen LogP) is 2.71. The summed E-state index contributed by atoms with van der Waals surface area (Å²) in [7, 11) is 1.71. The number of nitrogens with zero attached hydrogens (tertiary/aromatic N) is 3. The van der Waals surface area contributed by atoms with Gasteiger partial charge in [0.05, 0.1) is 30.4 Å². The average molecular weight is 500 g/mol. The van der Waals surface area contributed by atoms with Crippen LogP contribution in [0.2, 0.25) is 0 Å². The van der Waals surface area contributed by atoms with Crippen LogP contribution in [0.1, 0.15) is 38.3 Å². The molecular formula is C28H29N5O4. The van der Waals surface area contributed by atoms with Crippen LogP contribution in [0.4, 0.5) is 5.69 Å². The van der Waals surface area contributed by atoms with Gasteiger partial charge in [-0.15, -0.1) is 0 Å². The van der Waals surface area contributed by atoms with Gasteiger partial charge < -0.3 is 26.1 Å². The fraction of sp³-hybridized carbons (Fsp3) is 0.214. The number of rotatable bonds is 8. The normalized spacial score (nSPS) is 17.4. The van der Waals surface area contributed by atoms with E-state index >= 15 is 0 Å². The molecule has 0 fully saturated rings. The van der Waals surface area contributed by atoms with E-state index in [2.05, 4.69) is 10.4 Å². The van der Waals surface area contributed by atoms with Crippen molar-refractivity contribution in [3.8, 4) is 0 Å². The van der Waals surface area contributed by atoms with Gasteiger partial charge in [-0.25, -0.2) is 0 Å². The van der Waals surface area contributed by atoms with Crippen LogP contribution in [-0.2, 0) is 11.2 Å². The molecule has 9 heteroatoms. The van der Waals surface area contributed by atoms with Gasteiger partial charge in [-0.2, -0.15) is 5.10 Å². The van der Waals surface area contributed by atoms with Crippen molar-refractivity contribution < 1.29 is 19.5 Å². The summed E-state index contributed by atoms with van der Waals surface area (Å²) >= 11 is 0. The summed E-state index contributed by atoms with van der Waals surface area (Å²) in [5.74, 6) is 3.42. The lowest BCUT2D eigenvalue weighted by atomic mass is 10.0. The van der Waals surface area contributed by atoms with Crippen molar-refractivity contribution in [2.45, 2.75) is 18.5 Å². The van der Waals surface area contributed by atoms with E-state index in [1.807, 2.05) is 30.3 Å². The zero-order chi connectivity index (χ0) is 26.4. The molecule has 1 aliphatic heterocycles. The molecule has 4 N–H and O–H groups in total. The van der Waals surface area contributed by atoms with E-state index in [1.54, 1.807) is 65.4 Å². The van der Waals surface area contributed by atoms with Crippen LogP contribution < -0.4 is 16.1 Å². The van der Waals surface area contributed by atoms with Gasteiger partial charge in [0.2, 0.25) is 0 Å². The summed E-state index contributed by atoms with van der Waals surface area (Å²) in [6, 6.07) is 23.4. The molecule has 0 saturated carbocycles. The number of carbonyl (C=O) groups excluding carboxylic acids is 2. The Morgan fingerprint density at radius 2 is 1.73 bits per heavy atom. The Morgan fingerprint density at radius 1 is 1.05 bits per heavy atom. The van der Waals surface area contributed by atoms with E-state index in [0.717, 1.165) is 11.1 Å². The zero-order valence-corrected chi connectivity index (χ0v) is 20.5. The van der Waals surface area contributed by atoms with E-state index in [4.69, 9.17) is 5.84 Å². The summed E-state index contributed by atoms with van der Waals surface area (Å²) in [5.41, 5.74) is 1.70. The van der Waals surface area contributed by atoms with Crippen molar-refractivity contribution in [3.63, 3.8) is 0 Å². The number of carboxylic acids is 1. The Bertz CT molecular complexity index is 1310. The Labute approximate surface area is 215 Å².